The lowest BCUT2D eigenvalue weighted by atomic mass is 10.2. The lowest BCUT2D eigenvalue weighted by Crippen LogP contribution is -2.48. The third kappa shape index (κ3) is 4.06. The van der Waals surface area contributed by atoms with Gasteiger partial charge >= 0.3 is 0 Å². The van der Waals surface area contributed by atoms with Gasteiger partial charge in [0.1, 0.15) is 11.5 Å². The van der Waals surface area contributed by atoms with E-state index in [9.17, 15) is 9.59 Å². The molecular weight excluding hydrogens is 342 g/mol. The monoisotopic (exact) mass is 359 g/mol. The molecule has 1 aromatic heterocycles. The molecule has 8 heteroatoms. The zero-order chi connectivity index (χ0) is 17.8. The van der Waals surface area contributed by atoms with Crippen molar-refractivity contribution in [2.75, 3.05) is 31.5 Å². The van der Waals surface area contributed by atoms with Gasteiger partial charge in [-0.25, -0.2) is 9.97 Å². The van der Waals surface area contributed by atoms with Crippen molar-refractivity contribution in [3.8, 4) is 0 Å². The number of hydrogen-bond acceptors (Lipinski definition) is 5. The summed E-state index contributed by atoms with van der Waals surface area (Å²) in [5, 5.41) is 3.83. The largest absolute Gasteiger partial charge is 0.342 e. The van der Waals surface area contributed by atoms with E-state index < -0.39 is 0 Å². The number of hydrogen-bond donors (Lipinski definition) is 1. The summed E-state index contributed by atoms with van der Waals surface area (Å²) in [5.41, 5.74) is 2.16. The van der Waals surface area contributed by atoms with Gasteiger partial charge < -0.3 is 15.1 Å². The van der Waals surface area contributed by atoms with Crippen molar-refractivity contribution in [1.29, 1.82) is 0 Å². The first-order chi connectivity index (χ1) is 12.1. The van der Waals surface area contributed by atoms with E-state index in [1.165, 1.54) is 12.4 Å². The first kappa shape index (κ1) is 17.2. The number of benzene rings is 1. The fourth-order valence-corrected chi connectivity index (χ4v) is 2.83. The average Bonchev–Trinajstić information content (AvgIpc) is 2.64. The molecule has 0 radical (unpaired) electrons. The maximum Gasteiger partial charge on any atom is 0.274 e. The summed E-state index contributed by atoms with van der Waals surface area (Å²) in [4.78, 5) is 35.0. The van der Waals surface area contributed by atoms with E-state index in [1.54, 1.807) is 15.9 Å². The number of amides is 2. The number of rotatable bonds is 4. The number of aromatic nitrogens is 2. The summed E-state index contributed by atoms with van der Waals surface area (Å²) in [6, 6.07) is 5.51. The number of anilines is 2. The minimum Gasteiger partial charge on any atom is -0.342 e. The molecule has 1 aromatic carbocycles. The predicted molar refractivity (Wildman–Crippen MR) is 95.0 cm³/mol. The fraction of sp³-hybridized carbons (Fsp3) is 0.294. The molecule has 2 heterocycles. The van der Waals surface area contributed by atoms with Crippen LogP contribution >= 0.6 is 11.6 Å². The van der Waals surface area contributed by atoms with E-state index >= 15 is 0 Å². The molecule has 0 atom stereocenters. The Morgan fingerprint density at radius 3 is 2.56 bits per heavy atom. The van der Waals surface area contributed by atoms with Gasteiger partial charge in [-0.2, -0.15) is 0 Å². The summed E-state index contributed by atoms with van der Waals surface area (Å²) in [7, 11) is 0. The second-order valence-corrected chi connectivity index (χ2v) is 6.24. The maximum atomic E-state index is 12.4. The minimum atomic E-state index is -0.174. The molecule has 130 valence electrons. The van der Waals surface area contributed by atoms with Crippen LogP contribution in [0.5, 0.6) is 0 Å². The molecule has 2 amide bonds. The van der Waals surface area contributed by atoms with Crippen LogP contribution in [0.25, 0.3) is 0 Å². The van der Waals surface area contributed by atoms with Crippen molar-refractivity contribution >= 4 is 35.4 Å². The summed E-state index contributed by atoms with van der Waals surface area (Å²) in [6.45, 7) is 4.03. The number of carbonyl (C=O) groups excluding carboxylic acids is 2. The number of halogens is 1. The van der Waals surface area contributed by atoms with Gasteiger partial charge in [0.05, 0.1) is 12.4 Å². The molecule has 1 aliphatic rings. The van der Waals surface area contributed by atoms with E-state index in [0.717, 1.165) is 17.7 Å². The molecule has 0 aliphatic carbocycles. The highest BCUT2D eigenvalue weighted by Crippen LogP contribution is 2.22. The van der Waals surface area contributed by atoms with Crippen LogP contribution in [0.4, 0.5) is 11.5 Å². The van der Waals surface area contributed by atoms with Gasteiger partial charge in [-0.3, -0.25) is 9.59 Å². The highest BCUT2D eigenvalue weighted by molar-refractivity contribution is 6.30. The van der Waals surface area contributed by atoms with E-state index in [2.05, 4.69) is 15.3 Å². The molecule has 1 aliphatic heterocycles. The molecule has 25 heavy (non-hydrogen) atoms. The van der Waals surface area contributed by atoms with Gasteiger partial charge in [0.25, 0.3) is 5.91 Å². The van der Waals surface area contributed by atoms with Crippen LogP contribution in [-0.2, 0) is 4.79 Å². The summed E-state index contributed by atoms with van der Waals surface area (Å²) in [5.74, 6) is 0.375. The third-order valence-corrected chi connectivity index (χ3v) is 4.31. The van der Waals surface area contributed by atoms with Crippen molar-refractivity contribution in [2.45, 2.75) is 6.92 Å². The topological polar surface area (TPSA) is 78.4 Å². The molecule has 1 N–H and O–H groups in total. The number of piperazine rings is 1. The Kier molecular flexibility index (Phi) is 5.14. The van der Waals surface area contributed by atoms with E-state index in [1.807, 2.05) is 19.1 Å². The summed E-state index contributed by atoms with van der Waals surface area (Å²) >= 11 is 5.95. The van der Waals surface area contributed by atoms with Crippen LogP contribution in [0.15, 0.2) is 30.6 Å². The Bertz CT molecular complexity index is 773. The smallest absolute Gasteiger partial charge is 0.274 e. The molecule has 0 saturated carbocycles. The molecule has 0 bridgehead atoms. The lowest BCUT2D eigenvalue weighted by Gasteiger charge is -2.32. The van der Waals surface area contributed by atoms with Crippen molar-refractivity contribution < 1.29 is 9.59 Å². The Labute approximate surface area is 150 Å². The van der Waals surface area contributed by atoms with Crippen molar-refractivity contribution in [3.05, 3.63) is 46.9 Å². The van der Waals surface area contributed by atoms with E-state index in [0.29, 0.717) is 37.0 Å². The first-order valence-corrected chi connectivity index (χ1v) is 8.28. The van der Waals surface area contributed by atoms with E-state index in [4.69, 9.17) is 11.6 Å². The number of carbonyl (C=O) groups is 2. The van der Waals surface area contributed by atoms with Crippen LogP contribution in [-0.4, -0.2) is 58.3 Å². The van der Waals surface area contributed by atoms with Gasteiger partial charge in [-0.15, -0.1) is 0 Å². The summed E-state index contributed by atoms with van der Waals surface area (Å²) < 4.78 is 0. The van der Waals surface area contributed by atoms with Gasteiger partial charge in [-0.05, 0) is 30.7 Å². The normalized spacial score (nSPS) is 14.3. The van der Waals surface area contributed by atoms with Crippen LogP contribution < -0.4 is 5.32 Å². The van der Waals surface area contributed by atoms with Crippen LogP contribution in [0, 0.1) is 6.92 Å². The standard InChI is InChI=1S/C17H18ClN5O2/c1-12-8-13(18)2-3-14(12)21-16-10-19-15(9-20-16)17(25)23-6-4-22(11-24)5-7-23/h2-3,8-11H,4-7H2,1H3,(H,20,21). The van der Waals surface area contributed by atoms with Crippen LogP contribution in [0.3, 0.4) is 0 Å². The highest BCUT2D eigenvalue weighted by Gasteiger charge is 2.22. The molecule has 1 fully saturated rings. The van der Waals surface area contributed by atoms with Crippen LogP contribution in [0.1, 0.15) is 16.1 Å². The highest BCUT2D eigenvalue weighted by atomic mass is 35.5. The molecule has 1 saturated heterocycles. The number of nitrogens with one attached hydrogen (secondary N) is 1. The Morgan fingerprint density at radius 2 is 1.96 bits per heavy atom. The van der Waals surface area contributed by atoms with E-state index in [-0.39, 0.29) is 11.6 Å². The van der Waals surface area contributed by atoms with Crippen LogP contribution in [0.2, 0.25) is 5.02 Å². The average molecular weight is 360 g/mol. The van der Waals surface area contributed by atoms with Crippen molar-refractivity contribution in [2.24, 2.45) is 0 Å². The Morgan fingerprint density at radius 1 is 1.20 bits per heavy atom. The molecule has 7 nitrogen and oxygen atoms in total. The zero-order valence-electron chi connectivity index (χ0n) is 13.8. The number of aryl methyl sites for hydroxylation is 1. The molecular formula is C17H18ClN5O2. The molecule has 0 unspecified atom stereocenters. The summed E-state index contributed by atoms with van der Waals surface area (Å²) in [6.07, 6.45) is 3.80. The Balaban J connectivity index is 1.65. The zero-order valence-corrected chi connectivity index (χ0v) is 14.5. The fourth-order valence-electron chi connectivity index (χ4n) is 2.60. The van der Waals surface area contributed by atoms with Gasteiger partial charge in [0.2, 0.25) is 6.41 Å². The van der Waals surface area contributed by atoms with Gasteiger partial charge in [-0.1, -0.05) is 11.6 Å². The van der Waals surface area contributed by atoms with Gasteiger partial charge in [0.15, 0.2) is 0 Å². The second-order valence-electron chi connectivity index (χ2n) is 5.80. The minimum absolute atomic E-state index is 0.174. The quantitative estimate of drug-likeness (QED) is 0.846. The lowest BCUT2D eigenvalue weighted by molar-refractivity contribution is -0.119. The third-order valence-electron chi connectivity index (χ3n) is 4.07. The maximum absolute atomic E-state index is 12.4. The predicted octanol–water partition coefficient (Wildman–Crippen LogP) is 2.10. The van der Waals surface area contributed by atoms with Crippen molar-refractivity contribution in [1.82, 2.24) is 19.8 Å². The molecule has 2 aromatic rings. The Hall–Kier alpha value is -2.67. The second kappa shape index (κ2) is 7.48. The SMILES string of the molecule is Cc1cc(Cl)ccc1Nc1cnc(C(=O)N2CCN(C=O)CC2)cn1. The number of nitrogens with zero attached hydrogens (tertiary/aromatic N) is 4. The van der Waals surface area contributed by atoms with Crippen molar-refractivity contribution in [3.63, 3.8) is 0 Å². The first-order valence-electron chi connectivity index (χ1n) is 7.90. The molecule has 0 spiro atoms. The van der Waals surface area contributed by atoms with Gasteiger partial charge in [0, 0.05) is 36.9 Å². The molecule has 3 rings (SSSR count).